The number of nitrogens with zero attached hydrogens (tertiary/aromatic N) is 2. The third-order valence-corrected chi connectivity index (χ3v) is 5.23. The first-order valence-corrected chi connectivity index (χ1v) is 9.65. The second kappa shape index (κ2) is 9.12. The smallest absolute Gasteiger partial charge is 0.253 e. The molecule has 0 aromatic heterocycles. The van der Waals surface area contributed by atoms with Crippen LogP contribution in [0.5, 0.6) is 0 Å². The quantitative estimate of drug-likeness (QED) is 0.748. The van der Waals surface area contributed by atoms with Gasteiger partial charge in [-0.15, -0.1) is 0 Å². The zero-order chi connectivity index (χ0) is 18.4. The van der Waals surface area contributed by atoms with Crippen molar-refractivity contribution in [1.29, 1.82) is 0 Å². The molecule has 1 heterocycles. The Bertz CT molecular complexity index is 738. The molecule has 26 heavy (non-hydrogen) atoms. The summed E-state index contributed by atoms with van der Waals surface area (Å²) in [6.45, 7) is 5.96. The normalized spacial score (nSPS) is 15.5. The molecule has 0 radical (unpaired) electrons. The van der Waals surface area contributed by atoms with Crippen molar-refractivity contribution in [1.82, 2.24) is 9.80 Å². The predicted octanol–water partition coefficient (Wildman–Crippen LogP) is 2.19. The maximum atomic E-state index is 12.8. The molecule has 1 fully saturated rings. The van der Waals surface area contributed by atoms with Gasteiger partial charge < -0.3 is 16.4 Å². The Morgan fingerprint density at radius 2 is 1.62 bits per heavy atom. The summed E-state index contributed by atoms with van der Waals surface area (Å²) in [6.07, 6.45) is 3.49. The fraction of sp³-hybridized carbons (Fsp3) is 0.476. The number of carbonyl (C=O) groups is 1. The lowest BCUT2D eigenvalue weighted by Gasteiger charge is -2.34. The summed E-state index contributed by atoms with van der Waals surface area (Å²) in [5, 5.41) is 2.22. The summed E-state index contributed by atoms with van der Waals surface area (Å²) in [6, 6.07) is 12.1. The molecule has 4 N–H and O–H groups in total. The van der Waals surface area contributed by atoms with Gasteiger partial charge in [-0.2, -0.15) is 0 Å². The lowest BCUT2D eigenvalue weighted by Crippen LogP contribution is -2.48. The summed E-state index contributed by atoms with van der Waals surface area (Å²) in [7, 11) is 0. The van der Waals surface area contributed by atoms with Gasteiger partial charge in [-0.25, -0.2) is 0 Å². The van der Waals surface area contributed by atoms with Crippen molar-refractivity contribution in [2.24, 2.45) is 11.5 Å². The molecule has 5 nitrogen and oxygen atoms in total. The first kappa shape index (κ1) is 18.8. The van der Waals surface area contributed by atoms with Crippen LogP contribution < -0.4 is 11.5 Å². The van der Waals surface area contributed by atoms with Crippen LogP contribution in [0, 0.1) is 0 Å². The van der Waals surface area contributed by atoms with Gasteiger partial charge in [0.15, 0.2) is 0 Å². The van der Waals surface area contributed by atoms with Crippen molar-refractivity contribution in [3.05, 3.63) is 47.5 Å². The molecule has 0 unspecified atom stereocenters. The molecule has 3 rings (SSSR count). The van der Waals surface area contributed by atoms with Crippen molar-refractivity contribution in [2.75, 3.05) is 39.3 Å². The lowest BCUT2D eigenvalue weighted by atomic mass is 10.0. The van der Waals surface area contributed by atoms with Crippen molar-refractivity contribution >= 4 is 16.7 Å². The van der Waals surface area contributed by atoms with Crippen molar-refractivity contribution in [2.45, 2.75) is 25.8 Å². The molecule has 0 spiro atoms. The summed E-state index contributed by atoms with van der Waals surface area (Å²) < 4.78 is 0. The van der Waals surface area contributed by atoms with Crippen molar-refractivity contribution in [3.8, 4) is 0 Å². The van der Waals surface area contributed by atoms with E-state index in [-0.39, 0.29) is 5.91 Å². The van der Waals surface area contributed by atoms with Gasteiger partial charge in [-0.1, -0.05) is 24.6 Å². The molecule has 1 aliphatic rings. The van der Waals surface area contributed by atoms with Gasteiger partial charge in [0.2, 0.25) is 0 Å². The van der Waals surface area contributed by atoms with E-state index in [9.17, 15) is 4.79 Å². The van der Waals surface area contributed by atoms with Gasteiger partial charge in [0, 0.05) is 38.3 Å². The molecule has 1 aliphatic heterocycles. The Kier molecular flexibility index (Phi) is 6.61. The maximum absolute atomic E-state index is 12.8. The van der Waals surface area contributed by atoms with E-state index in [1.54, 1.807) is 0 Å². The Labute approximate surface area is 155 Å². The minimum Gasteiger partial charge on any atom is -0.336 e. The van der Waals surface area contributed by atoms with Crippen LogP contribution in [0.3, 0.4) is 0 Å². The summed E-state index contributed by atoms with van der Waals surface area (Å²) in [5.74, 6) is 0.137. The minimum absolute atomic E-state index is 0.137. The van der Waals surface area contributed by atoms with Gasteiger partial charge in [0.25, 0.3) is 5.91 Å². The Morgan fingerprint density at radius 1 is 0.885 bits per heavy atom. The van der Waals surface area contributed by atoms with E-state index in [0.29, 0.717) is 6.54 Å². The highest BCUT2D eigenvalue weighted by atomic mass is 16.2. The summed E-state index contributed by atoms with van der Waals surface area (Å²) in [5.41, 5.74) is 13.1. The molecule has 0 bridgehead atoms. The largest absolute Gasteiger partial charge is 0.336 e. The number of nitrogens with two attached hydrogens (primary N) is 2. The Morgan fingerprint density at radius 3 is 2.35 bits per heavy atom. The molecule has 0 saturated carbocycles. The molecule has 2 aromatic carbocycles. The number of piperazine rings is 1. The van der Waals surface area contributed by atoms with Gasteiger partial charge in [-0.05, 0) is 60.5 Å². The zero-order valence-corrected chi connectivity index (χ0v) is 15.5. The van der Waals surface area contributed by atoms with Crippen molar-refractivity contribution in [3.63, 3.8) is 0 Å². The molecule has 140 valence electrons. The van der Waals surface area contributed by atoms with Crippen LogP contribution in [0.1, 0.15) is 35.2 Å². The predicted molar refractivity (Wildman–Crippen MR) is 107 cm³/mol. The third kappa shape index (κ3) is 4.61. The number of fused-ring (bicyclic) bond motifs is 1. The third-order valence-electron chi connectivity index (χ3n) is 5.23. The van der Waals surface area contributed by atoms with E-state index in [0.717, 1.165) is 67.6 Å². The van der Waals surface area contributed by atoms with Crippen LogP contribution >= 0.6 is 0 Å². The highest BCUT2D eigenvalue weighted by Crippen LogP contribution is 2.19. The van der Waals surface area contributed by atoms with Crippen LogP contribution in [0.4, 0.5) is 0 Å². The van der Waals surface area contributed by atoms with Gasteiger partial charge in [0.1, 0.15) is 0 Å². The van der Waals surface area contributed by atoms with Gasteiger partial charge >= 0.3 is 0 Å². The summed E-state index contributed by atoms with van der Waals surface area (Å²) >= 11 is 0. The molecule has 1 saturated heterocycles. The number of hydrogen-bond acceptors (Lipinski definition) is 4. The molecule has 0 aliphatic carbocycles. The van der Waals surface area contributed by atoms with E-state index >= 15 is 0 Å². The molecular weight excluding hydrogens is 324 g/mol. The standard InChI is InChI=1S/C21H30N4O/c22-8-2-1-3-9-24-10-12-25(13-11-24)21(26)20-7-6-18-14-17(16-23)4-5-19(18)15-20/h4-7,14-15H,1-3,8-13,16,22-23H2. The number of benzene rings is 2. The zero-order valence-electron chi connectivity index (χ0n) is 15.5. The lowest BCUT2D eigenvalue weighted by molar-refractivity contribution is 0.0635. The fourth-order valence-electron chi connectivity index (χ4n) is 3.57. The topological polar surface area (TPSA) is 75.6 Å². The molecule has 1 amide bonds. The van der Waals surface area contributed by atoms with Crippen LogP contribution in [-0.2, 0) is 6.54 Å². The molecule has 2 aromatic rings. The molecule has 0 atom stereocenters. The summed E-state index contributed by atoms with van der Waals surface area (Å²) in [4.78, 5) is 17.3. The van der Waals surface area contributed by atoms with E-state index in [2.05, 4.69) is 11.0 Å². The highest BCUT2D eigenvalue weighted by Gasteiger charge is 2.21. The average molecular weight is 354 g/mol. The average Bonchev–Trinajstić information content (AvgIpc) is 2.70. The second-order valence-electron chi connectivity index (χ2n) is 7.08. The fourth-order valence-corrected chi connectivity index (χ4v) is 3.57. The number of unbranched alkanes of at least 4 members (excludes halogenated alkanes) is 2. The van der Waals surface area contributed by atoms with Crippen LogP contribution in [0.2, 0.25) is 0 Å². The Hall–Kier alpha value is -1.95. The van der Waals surface area contributed by atoms with Crippen LogP contribution in [0.15, 0.2) is 36.4 Å². The first-order chi connectivity index (χ1) is 12.7. The SMILES string of the molecule is NCCCCCN1CCN(C(=O)c2ccc3cc(CN)ccc3c2)CC1. The van der Waals surface area contributed by atoms with Gasteiger partial charge in [-0.3, -0.25) is 9.69 Å². The van der Waals surface area contributed by atoms with Crippen LogP contribution in [-0.4, -0.2) is 55.0 Å². The van der Waals surface area contributed by atoms with Gasteiger partial charge in [0.05, 0.1) is 0 Å². The van der Waals surface area contributed by atoms with E-state index < -0.39 is 0 Å². The number of rotatable bonds is 7. The van der Waals surface area contributed by atoms with Crippen LogP contribution in [0.25, 0.3) is 10.8 Å². The number of amides is 1. The molecular formula is C21H30N4O. The first-order valence-electron chi connectivity index (χ1n) is 9.65. The highest BCUT2D eigenvalue weighted by molar-refractivity contribution is 5.98. The number of hydrogen-bond donors (Lipinski definition) is 2. The van der Waals surface area contributed by atoms with E-state index in [1.807, 2.05) is 35.2 Å². The Balaban J connectivity index is 1.57. The number of carbonyl (C=O) groups excluding carboxylic acids is 1. The van der Waals surface area contributed by atoms with E-state index in [1.165, 1.54) is 12.8 Å². The van der Waals surface area contributed by atoms with E-state index in [4.69, 9.17) is 11.5 Å². The maximum Gasteiger partial charge on any atom is 0.253 e. The second-order valence-corrected chi connectivity index (χ2v) is 7.08. The monoisotopic (exact) mass is 354 g/mol. The molecule has 5 heteroatoms. The minimum atomic E-state index is 0.137. The van der Waals surface area contributed by atoms with Crippen molar-refractivity contribution < 1.29 is 4.79 Å².